The van der Waals surface area contributed by atoms with Crippen molar-refractivity contribution in [1.29, 1.82) is 0 Å². The predicted molar refractivity (Wildman–Crippen MR) is 96.4 cm³/mol. The SMILES string of the molecule is CCCc1cc(-c2ccc(C(C)(C)C)cc2)sc1CCC. The Morgan fingerprint density at radius 2 is 1.52 bits per heavy atom. The van der Waals surface area contributed by atoms with Gasteiger partial charge in [-0.05, 0) is 41.0 Å². The standard InChI is InChI=1S/C20H28S/c1-6-8-16-14-19(21-18(16)9-7-2)15-10-12-17(13-11-15)20(3,4)5/h10-14H,6-9H2,1-5H3. The number of benzene rings is 1. The Morgan fingerprint density at radius 3 is 2.05 bits per heavy atom. The number of hydrogen-bond donors (Lipinski definition) is 0. The largest absolute Gasteiger partial charge is 0.140 e. The third kappa shape index (κ3) is 3.97. The lowest BCUT2D eigenvalue weighted by Crippen LogP contribution is -2.10. The Kier molecular flexibility index (Phi) is 5.27. The molecule has 0 bridgehead atoms. The van der Waals surface area contributed by atoms with Gasteiger partial charge < -0.3 is 0 Å². The van der Waals surface area contributed by atoms with Gasteiger partial charge in [0.2, 0.25) is 0 Å². The second-order valence-corrected chi connectivity index (χ2v) is 8.02. The van der Waals surface area contributed by atoms with E-state index in [0.29, 0.717) is 0 Å². The molecule has 0 saturated heterocycles. The molecule has 0 unspecified atom stereocenters. The van der Waals surface area contributed by atoms with Crippen LogP contribution < -0.4 is 0 Å². The first-order valence-corrected chi connectivity index (χ1v) is 8.99. The fourth-order valence-corrected chi connectivity index (χ4v) is 3.98. The van der Waals surface area contributed by atoms with E-state index in [1.807, 2.05) is 11.3 Å². The van der Waals surface area contributed by atoms with E-state index in [2.05, 4.69) is 65.0 Å². The van der Waals surface area contributed by atoms with E-state index in [1.165, 1.54) is 41.7 Å². The number of thiophene rings is 1. The zero-order chi connectivity index (χ0) is 15.5. The molecule has 0 spiro atoms. The quantitative estimate of drug-likeness (QED) is 0.582. The van der Waals surface area contributed by atoms with E-state index in [9.17, 15) is 0 Å². The van der Waals surface area contributed by atoms with E-state index in [4.69, 9.17) is 0 Å². The van der Waals surface area contributed by atoms with Crippen LogP contribution in [0.5, 0.6) is 0 Å². The molecule has 0 aliphatic carbocycles. The average Bonchev–Trinajstić information content (AvgIpc) is 2.82. The van der Waals surface area contributed by atoms with Crippen LogP contribution in [0.3, 0.4) is 0 Å². The molecule has 2 aromatic rings. The third-order valence-electron chi connectivity index (χ3n) is 3.93. The van der Waals surface area contributed by atoms with Gasteiger partial charge in [-0.2, -0.15) is 0 Å². The van der Waals surface area contributed by atoms with Crippen molar-refractivity contribution in [2.24, 2.45) is 0 Å². The fourth-order valence-electron chi connectivity index (χ4n) is 2.66. The molecular formula is C20H28S. The average molecular weight is 301 g/mol. The van der Waals surface area contributed by atoms with Crippen molar-refractivity contribution in [2.45, 2.75) is 65.7 Å². The molecule has 0 saturated carbocycles. The van der Waals surface area contributed by atoms with Gasteiger partial charge in [0.1, 0.15) is 0 Å². The zero-order valence-corrected chi connectivity index (χ0v) is 14.9. The summed E-state index contributed by atoms with van der Waals surface area (Å²) >= 11 is 1.99. The topological polar surface area (TPSA) is 0 Å². The van der Waals surface area contributed by atoms with Crippen molar-refractivity contribution in [1.82, 2.24) is 0 Å². The van der Waals surface area contributed by atoms with Crippen molar-refractivity contribution >= 4 is 11.3 Å². The molecule has 0 fully saturated rings. The van der Waals surface area contributed by atoms with Crippen LogP contribution in [0.2, 0.25) is 0 Å². The Balaban J connectivity index is 2.31. The second kappa shape index (κ2) is 6.79. The maximum Gasteiger partial charge on any atom is 0.0348 e. The molecule has 0 amide bonds. The van der Waals surface area contributed by atoms with Crippen molar-refractivity contribution in [2.75, 3.05) is 0 Å². The van der Waals surface area contributed by atoms with Gasteiger partial charge in [0.15, 0.2) is 0 Å². The van der Waals surface area contributed by atoms with Gasteiger partial charge >= 0.3 is 0 Å². The summed E-state index contributed by atoms with van der Waals surface area (Å²) < 4.78 is 0. The normalized spacial score (nSPS) is 11.9. The minimum absolute atomic E-state index is 0.231. The van der Waals surface area contributed by atoms with Crippen molar-refractivity contribution < 1.29 is 0 Å². The van der Waals surface area contributed by atoms with Crippen LogP contribution in [0, 0.1) is 0 Å². The van der Waals surface area contributed by atoms with Crippen LogP contribution in [0.15, 0.2) is 30.3 Å². The Labute approximate surface area is 134 Å². The van der Waals surface area contributed by atoms with Crippen LogP contribution >= 0.6 is 11.3 Å². The van der Waals surface area contributed by atoms with Crippen LogP contribution in [0.4, 0.5) is 0 Å². The molecule has 1 aromatic heterocycles. The summed E-state index contributed by atoms with van der Waals surface area (Å²) in [5, 5.41) is 0. The molecule has 21 heavy (non-hydrogen) atoms. The first-order chi connectivity index (χ1) is 9.95. The summed E-state index contributed by atoms with van der Waals surface area (Å²) in [4.78, 5) is 3.02. The fraction of sp³-hybridized carbons (Fsp3) is 0.500. The van der Waals surface area contributed by atoms with Gasteiger partial charge in [0.25, 0.3) is 0 Å². The van der Waals surface area contributed by atoms with Crippen LogP contribution in [-0.2, 0) is 18.3 Å². The molecule has 2 rings (SSSR count). The van der Waals surface area contributed by atoms with Crippen molar-refractivity contribution in [3.05, 3.63) is 46.3 Å². The maximum atomic E-state index is 2.42. The summed E-state index contributed by atoms with van der Waals surface area (Å²) in [7, 11) is 0. The van der Waals surface area contributed by atoms with Gasteiger partial charge in [-0.15, -0.1) is 11.3 Å². The van der Waals surface area contributed by atoms with Crippen LogP contribution in [0.25, 0.3) is 10.4 Å². The van der Waals surface area contributed by atoms with Crippen LogP contribution in [-0.4, -0.2) is 0 Å². The Bertz CT molecular complexity index is 543. The molecule has 1 heterocycles. The smallest absolute Gasteiger partial charge is 0.0348 e. The molecule has 0 N–H and O–H groups in total. The molecular weight excluding hydrogens is 272 g/mol. The van der Waals surface area contributed by atoms with Crippen molar-refractivity contribution in [3.8, 4) is 10.4 Å². The van der Waals surface area contributed by atoms with E-state index in [1.54, 1.807) is 10.4 Å². The van der Waals surface area contributed by atoms with E-state index in [-0.39, 0.29) is 5.41 Å². The summed E-state index contributed by atoms with van der Waals surface area (Å²) in [6, 6.07) is 11.6. The highest BCUT2D eigenvalue weighted by Crippen LogP contribution is 2.34. The zero-order valence-electron chi connectivity index (χ0n) is 14.1. The van der Waals surface area contributed by atoms with Gasteiger partial charge in [0.05, 0.1) is 0 Å². The van der Waals surface area contributed by atoms with E-state index >= 15 is 0 Å². The lowest BCUT2D eigenvalue weighted by molar-refractivity contribution is 0.590. The molecule has 114 valence electrons. The van der Waals surface area contributed by atoms with Gasteiger partial charge in [-0.3, -0.25) is 0 Å². The molecule has 0 aliphatic rings. The molecule has 0 aliphatic heterocycles. The van der Waals surface area contributed by atoms with Gasteiger partial charge in [-0.1, -0.05) is 71.7 Å². The van der Waals surface area contributed by atoms with E-state index < -0.39 is 0 Å². The lowest BCUT2D eigenvalue weighted by atomic mass is 9.86. The Hall–Kier alpha value is -1.08. The number of rotatable bonds is 5. The first-order valence-electron chi connectivity index (χ1n) is 8.18. The molecule has 1 heteroatoms. The lowest BCUT2D eigenvalue weighted by Gasteiger charge is -2.18. The number of aryl methyl sites for hydroxylation is 2. The molecule has 1 aromatic carbocycles. The maximum absolute atomic E-state index is 2.42. The summed E-state index contributed by atoms with van der Waals surface area (Å²) in [5.41, 5.74) is 4.58. The Morgan fingerprint density at radius 1 is 0.905 bits per heavy atom. The summed E-state index contributed by atoms with van der Waals surface area (Å²) in [6.07, 6.45) is 4.90. The minimum Gasteiger partial charge on any atom is -0.140 e. The minimum atomic E-state index is 0.231. The highest BCUT2D eigenvalue weighted by molar-refractivity contribution is 7.15. The summed E-state index contributed by atoms with van der Waals surface area (Å²) in [5.74, 6) is 0. The monoisotopic (exact) mass is 300 g/mol. The summed E-state index contributed by atoms with van der Waals surface area (Å²) in [6.45, 7) is 11.3. The van der Waals surface area contributed by atoms with Gasteiger partial charge in [-0.25, -0.2) is 0 Å². The molecule has 0 nitrogen and oxygen atoms in total. The molecule has 0 atom stereocenters. The second-order valence-electron chi connectivity index (χ2n) is 6.89. The number of hydrogen-bond acceptors (Lipinski definition) is 1. The van der Waals surface area contributed by atoms with Crippen molar-refractivity contribution in [3.63, 3.8) is 0 Å². The first kappa shape index (κ1) is 16.3. The molecule has 0 radical (unpaired) electrons. The third-order valence-corrected chi connectivity index (χ3v) is 5.21. The predicted octanol–water partition coefficient (Wildman–Crippen LogP) is 6.62. The highest BCUT2D eigenvalue weighted by atomic mass is 32.1. The van der Waals surface area contributed by atoms with Gasteiger partial charge in [0, 0.05) is 9.75 Å². The highest BCUT2D eigenvalue weighted by Gasteiger charge is 2.14. The van der Waals surface area contributed by atoms with E-state index in [0.717, 1.165) is 0 Å². The van der Waals surface area contributed by atoms with Crippen LogP contribution in [0.1, 0.15) is 63.5 Å².